The molecule has 2 rings (SSSR count). The molecular formula is C15H11ClN2O2. The van der Waals surface area contributed by atoms with Crippen molar-refractivity contribution < 1.29 is 9.94 Å². The molecule has 2 aromatic carbocycles. The van der Waals surface area contributed by atoms with Crippen LogP contribution in [-0.4, -0.2) is 11.4 Å². The van der Waals surface area contributed by atoms with E-state index in [1.54, 1.807) is 30.3 Å². The Labute approximate surface area is 121 Å². The van der Waals surface area contributed by atoms with Crippen LogP contribution in [-0.2, 0) is 6.61 Å². The van der Waals surface area contributed by atoms with Crippen LogP contribution in [0.2, 0.25) is 5.02 Å². The van der Waals surface area contributed by atoms with Crippen LogP contribution < -0.4 is 4.74 Å². The summed E-state index contributed by atoms with van der Waals surface area (Å²) < 4.78 is 5.61. The van der Waals surface area contributed by atoms with Crippen molar-refractivity contribution in [2.24, 2.45) is 5.16 Å². The lowest BCUT2D eigenvalue weighted by Crippen LogP contribution is -1.98. The van der Waals surface area contributed by atoms with E-state index in [1.165, 1.54) is 6.21 Å². The molecule has 0 amide bonds. The van der Waals surface area contributed by atoms with Gasteiger partial charge in [-0.2, -0.15) is 5.26 Å². The van der Waals surface area contributed by atoms with Gasteiger partial charge < -0.3 is 9.94 Å². The molecule has 0 heterocycles. The van der Waals surface area contributed by atoms with Crippen LogP contribution in [0.15, 0.2) is 47.6 Å². The molecule has 0 fully saturated rings. The van der Waals surface area contributed by atoms with Gasteiger partial charge in [0.1, 0.15) is 12.4 Å². The zero-order valence-corrected chi connectivity index (χ0v) is 11.2. The summed E-state index contributed by atoms with van der Waals surface area (Å²) in [5.41, 5.74) is 2.04. The molecule has 0 unspecified atom stereocenters. The first-order valence-electron chi connectivity index (χ1n) is 5.82. The fourth-order valence-electron chi connectivity index (χ4n) is 1.69. The number of nitrogens with zero attached hydrogens (tertiary/aromatic N) is 2. The molecule has 0 aliphatic carbocycles. The summed E-state index contributed by atoms with van der Waals surface area (Å²) in [5.74, 6) is 0.509. The minimum absolute atomic E-state index is 0.261. The number of halogens is 1. The summed E-state index contributed by atoms with van der Waals surface area (Å²) in [6.45, 7) is 0.261. The number of rotatable bonds is 4. The molecule has 0 aliphatic heterocycles. The molecule has 2 aromatic rings. The molecule has 0 aromatic heterocycles. The molecule has 0 atom stereocenters. The van der Waals surface area contributed by atoms with E-state index in [4.69, 9.17) is 26.8 Å². The van der Waals surface area contributed by atoms with Gasteiger partial charge in [0.05, 0.1) is 22.9 Å². The largest absolute Gasteiger partial charge is 0.487 e. The highest BCUT2D eigenvalue weighted by molar-refractivity contribution is 6.32. The number of nitriles is 1. The van der Waals surface area contributed by atoms with Crippen molar-refractivity contribution in [1.82, 2.24) is 0 Å². The van der Waals surface area contributed by atoms with Crippen molar-refractivity contribution >= 4 is 17.8 Å². The molecular weight excluding hydrogens is 276 g/mol. The van der Waals surface area contributed by atoms with Gasteiger partial charge in [-0.3, -0.25) is 0 Å². The first-order chi connectivity index (χ1) is 9.74. The minimum atomic E-state index is 0.261. The topological polar surface area (TPSA) is 65.6 Å². The van der Waals surface area contributed by atoms with Crippen molar-refractivity contribution in [1.29, 1.82) is 5.26 Å². The van der Waals surface area contributed by atoms with Crippen molar-refractivity contribution in [2.45, 2.75) is 6.61 Å². The summed E-state index contributed by atoms with van der Waals surface area (Å²) >= 11 is 6.07. The molecule has 0 bridgehead atoms. The highest BCUT2D eigenvalue weighted by atomic mass is 35.5. The van der Waals surface area contributed by atoms with Gasteiger partial charge in [0.2, 0.25) is 0 Å². The van der Waals surface area contributed by atoms with E-state index in [1.807, 2.05) is 12.1 Å². The van der Waals surface area contributed by atoms with Crippen LogP contribution in [0.4, 0.5) is 0 Å². The Kier molecular flexibility index (Phi) is 4.59. The Hall–Kier alpha value is -2.51. The Balaban J connectivity index is 2.13. The Morgan fingerprint density at radius 3 is 2.80 bits per heavy atom. The average molecular weight is 287 g/mol. The van der Waals surface area contributed by atoms with Crippen molar-refractivity contribution in [3.05, 3.63) is 64.2 Å². The quantitative estimate of drug-likeness (QED) is 0.530. The predicted molar refractivity (Wildman–Crippen MR) is 76.3 cm³/mol. The van der Waals surface area contributed by atoms with E-state index in [2.05, 4.69) is 11.2 Å². The van der Waals surface area contributed by atoms with Gasteiger partial charge in [-0.1, -0.05) is 35.0 Å². The first-order valence-corrected chi connectivity index (χ1v) is 6.20. The number of oxime groups is 1. The lowest BCUT2D eigenvalue weighted by Gasteiger charge is -2.09. The maximum absolute atomic E-state index is 9.00. The van der Waals surface area contributed by atoms with E-state index >= 15 is 0 Å². The lowest BCUT2D eigenvalue weighted by molar-refractivity contribution is 0.306. The molecule has 1 N–H and O–H groups in total. The van der Waals surface area contributed by atoms with Gasteiger partial charge in [-0.15, -0.1) is 0 Å². The highest BCUT2D eigenvalue weighted by Crippen LogP contribution is 2.26. The van der Waals surface area contributed by atoms with E-state index in [0.717, 1.165) is 5.56 Å². The van der Waals surface area contributed by atoms with Crippen LogP contribution >= 0.6 is 11.6 Å². The molecule has 4 nitrogen and oxygen atoms in total. The van der Waals surface area contributed by atoms with Gasteiger partial charge in [0, 0.05) is 5.56 Å². The Bertz CT molecular complexity index is 678. The Morgan fingerprint density at radius 2 is 2.10 bits per heavy atom. The van der Waals surface area contributed by atoms with Gasteiger partial charge in [0.25, 0.3) is 0 Å². The fraction of sp³-hybridized carbons (Fsp3) is 0.0667. The Morgan fingerprint density at radius 1 is 1.30 bits per heavy atom. The number of benzene rings is 2. The van der Waals surface area contributed by atoms with E-state index in [9.17, 15) is 0 Å². The molecule has 100 valence electrons. The molecule has 0 radical (unpaired) electrons. The third-order valence-corrected chi connectivity index (χ3v) is 2.98. The van der Waals surface area contributed by atoms with Crippen LogP contribution in [0, 0.1) is 11.3 Å². The second kappa shape index (κ2) is 6.60. The first kappa shape index (κ1) is 13.9. The van der Waals surface area contributed by atoms with Gasteiger partial charge in [0.15, 0.2) is 0 Å². The van der Waals surface area contributed by atoms with Crippen molar-refractivity contribution in [3.63, 3.8) is 0 Å². The lowest BCUT2D eigenvalue weighted by atomic mass is 10.1. The maximum Gasteiger partial charge on any atom is 0.138 e. The highest BCUT2D eigenvalue weighted by Gasteiger charge is 2.05. The van der Waals surface area contributed by atoms with Crippen LogP contribution in [0.5, 0.6) is 5.75 Å². The summed E-state index contributed by atoms with van der Waals surface area (Å²) in [7, 11) is 0. The second-order valence-electron chi connectivity index (χ2n) is 3.99. The van der Waals surface area contributed by atoms with Gasteiger partial charge in [-0.25, -0.2) is 0 Å². The van der Waals surface area contributed by atoms with Gasteiger partial charge in [-0.05, 0) is 29.8 Å². The molecule has 0 aliphatic rings. The number of hydrogen-bond acceptors (Lipinski definition) is 4. The van der Waals surface area contributed by atoms with Gasteiger partial charge >= 0.3 is 0 Å². The molecule has 5 heteroatoms. The van der Waals surface area contributed by atoms with Crippen LogP contribution in [0.1, 0.15) is 16.7 Å². The smallest absolute Gasteiger partial charge is 0.138 e. The third-order valence-electron chi connectivity index (χ3n) is 2.68. The minimum Gasteiger partial charge on any atom is -0.487 e. The zero-order valence-electron chi connectivity index (χ0n) is 10.5. The number of hydrogen-bond donors (Lipinski definition) is 1. The van der Waals surface area contributed by atoms with Crippen LogP contribution in [0.3, 0.4) is 0 Å². The zero-order chi connectivity index (χ0) is 14.4. The predicted octanol–water partition coefficient (Wildman–Crippen LogP) is 3.60. The van der Waals surface area contributed by atoms with Crippen molar-refractivity contribution in [2.75, 3.05) is 0 Å². The molecule has 20 heavy (non-hydrogen) atoms. The summed E-state index contributed by atoms with van der Waals surface area (Å²) in [6.07, 6.45) is 1.28. The van der Waals surface area contributed by atoms with Crippen molar-refractivity contribution in [3.8, 4) is 11.8 Å². The SMILES string of the molecule is N#Cc1ccccc1COc1ccc(C=NO)cc1Cl. The second-order valence-corrected chi connectivity index (χ2v) is 4.40. The molecule has 0 saturated carbocycles. The molecule has 0 saturated heterocycles. The fourth-order valence-corrected chi connectivity index (χ4v) is 1.94. The standard InChI is InChI=1S/C15H11ClN2O2/c16-14-7-11(9-18-19)5-6-15(14)20-10-13-4-2-1-3-12(13)8-17/h1-7,9,19H,10H2. The normalized spacial score (nSPS) is 10.4. The van der Waals surface area contributed by atoms with E-state index in [0.29, 0.717) is 21.9 Å². The monoisotopic (exact) mass is 286 g/mol. The summed E-state index contributed by atoms with van der Waals surface area (Å²) in [5, 5.41) is 20.8. The summed E-state index contributed by atoms with van der Waals surface area (Å²) in [4.78, 5) is 0. The van der Waals surface area contributed by atoms with E-state index < -0.39 is 0 Å². The molecule has 0 spiro atoms. The summed E-state index contributed by atoms with van der Waals surface area (Å²) in [6, 6.07) is 14.4. The number of ether oxygens (including phenoxy) is 1. The maximum atomic E-state index is 9.00. The average Bonchev–Trinajstić information content (AvgIpc) is 2.47. The third kappa shape index (κ3) is 3.28. The van der Waals surface area contributed by atoms with Crippen LogP contribution in [0.25, 0.3) is 0 Å². The van der Waals surface area contributed by atoms with E-state index in [-0.39, 0.29) is 6.61 Å².